The third-order valence-electron chi connectivity index (χ3n) is 2.70. The number of hydrogen-bond donors (Lipinski definition) is 2. The molecule has 19 heavy (non-hydrogen) atoms. The van der Waals surface area contributed by atoms with E-state index in [9.17, 15) is 9.59 Å². The first-order valence-corrected chi connectivity index (χ1v) is 6.06. The summed E-state index contributed by atoms with van der Waals surface area (Å²) in [6, 6.07) is 2.98. The zero-order valence-electron chi connectivity index (χ0n) is 11.2. The molecule has 1 atom stereocenters. The normalized spacial score (nSPS) is 12.2. The van der Waals surface area contributed by atoms with E-state index in [1.165, 1.54) is 6.92 Å². The van der Waals surface area contributed by atoms with Gasteiger partial charge in [-0.25, -0.2) is 4.79 Å². The molecule has 1 amide bonds. The van der Waals surface area contributed by atoms with Crippen molar-refractivity contribution in [2.24, 2.45) is 0 Å². The number of likely N-dealkylation sites (N-methyl/N-ethyl adjacent to an activating group) is 1. The van der Waals surface area contributed by atoms with Crippen LogP contribution in [0.3, 0.4) is 0 Å². The molecule has 1 aromatic heterocycles. The minimum absolute atomic E-state index is 0.278. The Kier molecular flexibility index (Phi) is 5.95. The van der Waals surface area contributed by atoms with Gasteiger partial charge in [-0.15, -0.1) is 0 Å². The second kappa shape index (κ2) is 7.48. The maximum atomic E-state index is 11.0. The highest BCUT2D eigenvalue weighted by atomic mass is 16.4. The Morgan fingerprint density at radius 1 is 1.42 bits per heavy atom. The molecule has 0 saturated carbocycles. The van der Waals surface area contributed by atoms with Gasteiger partial charge in [-0.2, -0.15) is 0 Å². The van der Waals surface area contributed by atoms with E-state index in [2.05, 4.69) is 10.3 Å². The molecule has 6 nitrogen and oxygen atoms in total. The standard InChI is InChI=1S/C13H19N3O3/c1-10(17)15-12(13(18)19)9-16(2)8-5-11-3-6-14-7-4-11/h3-4,6-7,12H,5,8-9H2,1-2H3,(H,15,17)(H,18,19). The summed E-state index contributed by atoms with van der Waals surface area (Å²) in [6.07, 6.45) is 4.27. The predicted octanol–water partition coefficient (Wildman–Crippen LogP) is 0.145. The molecule has 2 N–H and O–H groups in total. The highest BCUT2D eigenvalue weighted by molar-refractivity contribution is 5.82. The number of rotatable bonds is 7. The zero-order valence-corrected chi connectivity index (χ0v) is 11.2. The molecular weight excluding hydrogens is 246 g/mol. The quantitative estimate of drug-likeness (QED) is 0.733. The minimum Gasteiger partial charge on any atom is -0.480 e. The lowest BCUT2D eigenvalue weighted by Crippen LogP contribution is -2.47. The monoisotopic (exact) mass is 265 g/mol. The molecule has 0 aliphatic carbocycles. The van der Waals surface area contributed by atoms with Crippen molar-refractivity contribution in [3.8, 4) is 0 Å². The average molecular weight is 265 g/mol. The first kappa shape index (κ1) is 15.1. The molecular formula is C13H19N3O3. The number of pyridine rings is 1. The van der Waals surface area contributed by atoms with Crippen molar-refractivity contribution in [2.75, 3.05) is 20.1 Å². The molecule has 6 heteroatoms. The Labute approximate surface area is 112 Å². The maximum absolute atomic E-state index is 11.0. The molecule has 0 aromatic carbocycles. The number of carboxylic acids is 1. The molecule has 104 valence electrons. The van der Waals surface area contributed by atoms with Crippen molar-refractivity contribution < 1.29 is 14.7 Å². The number of nitrogens with zero attached hydrogens (tertiary/aromatic N) is 2. The number of nitrogens with one attached hydrogen (secondary N) is 1. The number of carbonyl (C=O) groups excluding carboxylic acids is 1. The van der Waals surface area contributed by atoms with E-state index >= 15 is 0 Å². The predicted molar refractivity (Wildman–Crippen MR) is 70.7 cm³/mol. The van der Waals surface area contributed by atoms with E-state index in [1.54, 1.807) is 12.4 Å². The number of aliphatic carboxylic acids is 1. The average Bonchev–Trinajstić information content (AvgIpc) is 2.36. The van der Waals surface area contributed by atoms with Gasteiger partial charge in [0, 0.05) is 32.4 Å². The zero-order chi connectivity index (χ0) is 14.3. The van der Waals surface area contributed by atoms with Gasteiger partial charge in [-0.05, 0) is 31.2 Å². The SMILES string of the molecule is CC(=O)NC(CN(C)CCc1ccncc1)C(=O)O. The summed E-state index contributed by atoms with van der Waals surface area (Å²) in [5.41, 5.74) is 1.15. The van der Waals surface area contributed by atoms with Crippen molar-refractivity contribution in [2.45, 2.75) is 19.4 Å². The molecule has 1 rings (SSSR count). The molecule has 0 aliphatic rings. The molecule has 0 saturated heterocycles. The van der Waals surface area contributed by atoms with Crippen molar-refractivity contribution in [3.05, 3.63) is 30.1 Å². The van der Waals surface area contributed by atoms with Crippen molar-refractivity contribution >= 4 is 11.9 Å². The van der Waals surface area contributed by atoms with Gasteiger partial charge in [0.05, 0.1) is 0 Å². The van der Waals surface area contributed by atoms with Crippen LogP contribution in [0.2, 0.25) is 0 Å². The molecule has 1 heterocycles. The van der Waals surface area contributed by atoms with Gasteiger partial charge in [0.2, 0.25) is 5.91 Å². The molecule has 1 unspecified atom stereocenters. The summed E-state index contributed by atoms with van der Waals surface area (Å²) >= 11 is 0. The van der Waals surface area contributed by atoms with E-state index in [0.717, 1.165) is 12.0 Å². The molecule has 0 fully saturated rings. The van der Waals surface area contributed by atoms with E-state index in [1.807, 2.05) is 24.1 Å². The van der Waals surface area contributed by atoms with Crippen LogP contribution in [0.25, 0.3) is 0 Å². The number of amides is 1. The van der Waals surface area contributed by atoms with Crippen LogP contribution >= 0.6 is 0 Å². The Bertz CT molecular complexity index is 422. The molecule has 0 spiro atoms. The molecule has 0 radical (unpaired) electrons. The third kappa shape index (κ3) is 5.96. The van der Waals surface area contributed by atoms with Gasteiger partial charge in [-0.3, -0.25) is 9.78 Å². The number of carbonyl (C=O) groups is 2. The molecule has 1 aromatic rings. The van der Waals surface area contributed by atoms with E-state index < -0.39 is 12.0 Å². The van der Waals surface area contributed by atoms with Crippen LogP contribution in [-0.2, 0) is 16.0 Å². The fourth-order valence-corrected chi connectivity index (χ4v) is 1.70. The van der Waals surface area contributed by atoms with Gasteiger partial charge in [0.1, 0.15) is 6.04 Å². The van der Waals surface area contributed by atoms with Crippen LogP contribution in [0.4, 0.5) is 0 Å². The highest BCUT2D eigenvalue weighted by Gasteiger charge is 2.19. The molecule has 0 bridgehead atoms. The summed E-state index contributed by atoms with van der Waals surface area (Å²) in [7, 11) is 1.83. The fraction of sp³-hybridized carbons (Fsp3) is 0.462. The van der Waals surface area contributed by atoms with Crippen LogP contribution in [0.1, 0.15) is 12.5 Å². The first-order chi connectivity index (χ1) is 8.99. The maximum Gasteiger partial charge on any atom is 0.327 e. The van der Waals surface area contributed by atoms with Crippen LogP contribution in [0, 0.1) is 0 Å². The second-order valence-corrected chi connectivity index (χ2v) is 4.46. The number of carboxylic acid groups (broad SMARTS) is 1. The van der Waals surface area contributed by atoms with Crippen LogP contribution in [0.5, 0.6) is 0 Å². The van der Waals surface area contributed by atoms with E-state index in [0.29, 0.717) is 6.54 Å². The van der Waals surface area contributed by atoms with Crippen LogP contribution < -0.4 is 5.32 Å². The summed E-state index contributed by atoms with van der Waals surface area (Å²) in [6.45, 7) is 2.31. The Morgan fingerprint density at radius 3 is 2.58 bits per heavy atom. The number of hydrogen-bond acceptors (Lipinski definition) is 4. The first-order valence-electron chi connectivity index (χ1n) is 6.06. The summed E-state index contributed by atoms with van der Waals surface area (Å²) < 4.78 is 0. The minimum atomic E-state index is -1.02. The third-order valence-corrected chi connectivity index (χ3v) is 2.70. The lowest BCUT2D eigenvalue weighted by molar-refractivity contribution is -0.142. The lowest BCUT2D eigenvalue weighted by Gasteiger charge is -2.21. The lowest BCUT2D eigenvalue weighted by atomic mass is 10.2. The van der Waals surface area contributed by atoms with Crippen molar-refractivity contribution in [1.29, 1.82) is 0 Å². The van der Waals surface area contributed by atoms with Gasteiger partial charge in [0.15, 0.2) is 0 Å². The van der Waals surface area contributed by atoms with Gasteiger partial charge in [0.25, 0.3) is 0 Å². The largest absolute Gasteiger partial charge is 0.480 e. The Balaban J connectivity index is 2.42. The summed E-state index contributed by atoms with van der Waals surface area (Å²) in [4.78, 5) is 27.7. The van der Waals surface area contributed by atoms with Crippen LogP contribution in [0.15, 0.2) is 24.5 Å². The van der Waals surface area contributed by atoms with Crippen molar-refractivity contribution in [1.82, 2.24) is 15.2 Å². The Hall–Kier alpha value is -1.95. The van der Waals surface area contributed by atoms with E-state index in [-0.39, 0.29) is 12.5 Å². The number of aromatic nitrogens is 1. The summed E-state index contributed by atoms with van der Waals surface area (Å²) in [5.74, 6) is -1.36. The topological polar surface area (TPSA) is 82.5 Å². The fourth-order valence-electron chi connectivity index (χ4n) is 1.70. The summed E-state index contributed by atoms with van der Waals surface area (Å²) in [5, 5.41) is 11.4. The van der Waals surface area contributed by atoms with Crippen molar-refractivity contribution in [3.63, 3.8) is 0 Å². The Morgan fingerprint density at radius 2 is 2.05 bits per heavy atom. The van der Waals surface area contributed by atoms with Gasteiger partial charge >= 0.3 is 5.97 Å². The highest BCUT2D eigenvalue weighted by Crippen LogP contribution is 2.00. The van der Waals surface area contributed by atoms with Crippen LogP contribution in [-0.4, -0.2) is 53.0 Å². The second-order valence-electron chi connectivity index (χ2n) is 4.46. The van der Waals surface area contributed by atoms with Gasteiger partial charge < -0.3 is 15.3 Å². The van der Waals surface area contributed by atoms with E-state index in [4.69, 9.17) is 5.11 Å². The van der Waals surface area contributed by atoms with Gasteiger partial charge in [-0.1, -0.05) is 0 Å². The molecule has 0 aliphatic heterocycles. The smallest absolute Gasteiger partial charge is 0.327 e.